The van der Waals surface area contributed by atoms with E-state index in [2.05, 4.69) is 5.32 Å². The lowest BCUT2D eigenvalue weighted by Crippen LogP contribution is -2.38. The van der Waals surface area contributed by atoms with E-state index in [0.717, 1.165) is 25.0 Å². The van der Waals surface area contributed by atoms with Crippen LogP contribution in [0.3, 0.4) is 0 Å². The third-order valence-electron chi connectivity index (χ3n) is 3.78. The summed E-state index contributed by atoms with van der Waals surface area (Å²) in [7, 11) is 0. The van der Waals surface area contributed by atoms with Crippen molar-refractivity contribution in [2.75, 3.05) is 13.2 Å². The smallest absolute Gasteiger partial charge is 0.304 e. The highest BCUT2D eigenvalue weighted by atomic mass is 19.1. The molecule has 0 spiro atoms. The summed E-state index contributed by atoms with van der Waals surface area (Å²) >= 11 is 0. The Morgan fingerprint density at radius 3 is 3.00 bits per heavy atom. The summed E-state index contributed by atoms with van der Waals surface area (Å²) in [6.07, 6.45) is 2.87. The topological polar surface area (TPSA) is 58.6 Å². The third-order valence-corrected chi connectivity index (χ3v) is 3.78. The van der Waals surface area contributed by atoms with Crippen LogP contribution in [0.2, 0.25) is 0 Å². The van der Waals surface area contributed by atoms with Crippen LogP contribution in [-0.2, 0) is 16.0 Å². The second kappa shape index (κ2) is 7.52. The largest absolute Gasteiger partial charge is 0.481 e. The average Bonchev–Trinajstić information content (AvgIpc) is 2.93. The van der Waals surface area contributed by atoms with Gasteiger partial charge in [-0.15, -0.1) is 0 Å². The zero-order chi connectivity index (χ0) is 15.2. The number of carboxylic acid groups (broad SMARTS) is 1. The van der Waals surface area contributed by atoms with E-state index in [0.29, 0.717) is 18.5 Å². The lowest BCUT2D eigenvalue weighted by Gasteiger charge is -2.19. The monoisotopic (exact) mass is 295 g/mol. The fourth-order valence-corrected chi connectivity index (χ4v) is 2.65. The van der Waals surface area contributed by atoms with Crippen molar-refractivity contribution in [3.8, 4) is 0 Å². The minimum atomic E-state index is -0.835. The van der Waals surface area contributed by atoms with Gasteiger partial charge in [0.25, 0.3) is 0 Å². The molecule has 0 bridgehead atoms. The molecular formula is C16H22FNO3. The highest BCUT2D eigenvalue weighted by Gasteiger charge is 2.19. The number of rotatable bonds is 7. The third kappa shape index (κ3) is 5.10. The fourth-order valence-electron chi connectivity index (χ4n) is 2.65. The molecule has 0 saturated carbocycles. The zero-order valence-electron chi connectivity index (χ0n) is 12.3. The number of nitrogens with one attached hydrogen (secondary N) is 1. The van der Waals surface area contributed by atoms with E-state index in [4.69, 9.17) is 9.84 Å². The van der Waals surface area contributed by atoms with Crippen molar-refractivity contribution in [2.45, 2.75) is 44.8 Å². The van der Waals surface area contributed by atoms with Crippen LogP contribution in [0.15, 0.2) is 18.2 Å². The van der Waals surface area contributed by atoms with E-state index in [1.807, 2.05) is 0 Å². The van der Waals surface area contributed by atoms with Gasteiger partial charge in [0.1, 0.15) is 5.82 Å². The van der Waals surface area contributed by atoms with Gasteiger partial charge in [0.05, 0.1) is 12.5 Å². The number of halogens is 1. The summed E-state index contributed by atoms with van der Waals surface area (Å²) in [5.41, 5.74) is 1.53. The number of carboxylic acids is 1. The average molecular weight is 295 g/mol. The van der Waals surface area contributed by atoms with Gasteiger partial charge < -0.3 is 15.2 Å². The first kappa shape index (κ1) is 15.9. The van der Waals surface area contributed by atoms with Crippen LogP contribution in [0.1, 0.15) is 30.4 Å². The molecule has 5 heteroatoms. The lowest BCUT2D eigenvalue weighted by molar-refractivity contribution is -0.137. The maximum atomic E-state index is 13.3. The first-order chi connectivity index (χ1) is 10.0. The van der Waals surface area contributed by atoms with Crippen molar-refractivity contribution in [3.05, 3.63) is 35.1 Å². The van der Waals surface area contributed by atoms with E-state index in [1.54, 1.807) is 19.1 Å². The molecule has 2 N–H and O–H groups in total. The molecule has 1 fully saturated rings. The Bertz CT molecular complexity index is 486. The molecule has 1 aromatic rings. The van der Waals surface area contributed by atoms with E-state index in [9.17, 15) is 9.18 Å². The van der Waals surface area contributed by atoms with Crippen molar-refractivity contribution in [1.29, 1.82) is 0 Å². The standard InChI is InChI=1S/C16H22FNO3/c1-11-7-12(4-5-15(11)17)8-13(9-16(19)20)18-10-14-3-2-6-21-14/h4-5,7,13-14,18H,2-3,6,8-10H2,1H3,(H,19,20). The van der Waals surface area contributed by atoms with Crippen molar-refractivity contribution in [2.24, 2.45) is 0 Å². The minimum absolute atomic E-state index is 0.0448. The first-order valence-electron chi connectivity index (χ1n) is 7.36. The van der Waals surface area contributed by atoms with Crippen LogP contribution in [0.25, 0.3) is 0 Å². The Morgan fingerprint density at radius 1 is 1.57 bits per heavy atom. The molecule has 0 aromatic heterocycles. The maximum Gasteiger partial charge on any atom is 0.304 e. The molecule has 116 valence electrons. The van der Waals surface area contributed by atoms with E-state index in [-0.39, 0.29) is 24.4 Å². The second-order valence-corrected chi connectivity index (χ2v) is 5.63. The molecule has 21 heavy (non-hydrogen) atoms. The number of ether oxygens (including phenoxy) is 1. The molecular weight excluding hydrogens is 273 g/mol. The number of carbonyl (C=O) groups is 1. The molecule has 4 nitrogen and oxygen atoms in total. The Balaban J connectivity index is 1.94. The van der Waals surface area contributed by atoms with Crippen LogP contribution in [0.4, 0.5) is 4.39 Å². The number of benzene rings is 1. The molecule has 0 amide bonds. The summed E-state index contributed by atoms with van der Waals surface area (Å²) in [6, 6.07) is 4.75. The van der Waals surface area contributed by atoms with Gasteiger partial charge in [0.2, 0.25) is 0 Å². The van der Waals surface area contributed by atoms with Crippen LogP contribution >= 0.6 is 0 Å². The van der Waals surface area contributed by atoms with Gasteiger partial charge in [-0.05, 0) is 43.4 Å². The Morgan fingerprint density at radius 2 is 2.38 bits per heavy atom. The number of hydrogen-bond donors (Lipinski definition) is 2. The van der Waals surface area contributed by atoms with Crippen LogP contribution < -0.4 is 5.32 Å². The van der Waals surface area contributed by atoms with Crippen molar-refractivity contribution in [3.63, 3.8) is 0 Å². The normalized spacial score (nSPS) is 19.6. The molecule has 2 atom stereocenters. The summed E-state index contributed by atoms with van der Waals surface area (Å²) in [5.74, 6) is -1.07. The van der Waals surface area contributed by atoms with Gasteiger partial charge in [-0.3, -0.25) is 4.79 Å². The van der Waals surface area contributed by atoms with Crippen LogP contribution in [-0.4, -0.2) is 36.4 Å². The molecule has 1 aromatic carbocycles. The van der Waals surface area contributed by atoms with Gasteiger partial charge in [0.15, 0.2) is 0 Å². The van der Waals surface area contributed by atoms with Gasteiger partial charge in [0, 0.05) is 19.2 Å². The predicted molar refractivity (Wildman–Crippen MR) is 77.9 cm³/mol. The number of aryl methyl sites for hydroxylation is 1. The van der Waals surface area contributed by atoms with E-state index >= 15 is 0 Å². The van der Waals surface area contributed by atoms with E-state index in [1.165, 1.54) is 6.07 Å². The molecule has 0 radical (unpaired) electrons. The first-order valence-corrected chi connectivity index (χ1v) is 7.36. The summed E-state index contributed by atoms with van der Waals surface area (Å²) in [5, 5.41) is 12.3. The van der Waals surface area contributed by atoms with Gasteiger partial charge in [-0.25, -0.2) is 4.39 Å². The second-order valence-electron chi connectivity index (χ2n) is 5.63. The highest BCUT2D eigenvalue weighted by Crippen LogP contribution is 2.14. The van der Waals surface area contributed by atoms with Crippen molar-refractivity contribution < 1.29 is 19.0 Å². The van der Waals surface area contributed by atoms with Gasteiger partial charge in [-0.1, -0.05) is 12.1 Å². The molecule has 1 aliphatic heterocycles. The van der Waals surface area contributed by atoms with Crippen LogP contribution in [0.5, 0.6) is 0 Å². The molecule has 1 saturated heterocycles. The molecule has 1 aliphatic rings. The molecule has 0 aliphatic carbocycles. The SMILES string of the molecule is Cc1cc(CC(CC(=O)O)NCC2CCCO2)ccc1F. The van der Waals surface area contributed by atoms with E-state index < -0.39 is 5.97 Å². The van der Waals surface area contributed by atoms with Gasteiger partial charge in [-0.2, -0.15) is 0 Å². The van der Waals surface area contributed by atoms with Crippen molar-refractivity contribution in [1.82, 2.24) is 5.32 Å². The minimum Gasteiger partial charge on any atom is -0.481 e. The summed E-state index contributed by atoms with van der Waals surface area (Å²) in [6.45, 7) is 3.16. The lowest BCUT2D eigenvalue weighted by atomic mass is 10.0. The molecule has 2 rings (SSSR count). The molecule has 2 unspecified atom stereocenters. The van der Waals surface area contributed by atoms with Crippen molar-refractivity contribution >= 4 is 5.97 Å². The maximum absolute atomic E-state index is 13.3. The Labute approximate surface area is 124 Å². The molecule has 1 heterocycles. The Hall–Kier alpha value is -1.46. The number of hydrogen-bond acceptors (Lipinski definition) is 3. The van der Waals surface area contributed by atoms with Crippen LogP contribution in [0, 0.1) is 12.7 Å². The summed E-state index contributed by atoms with van der Waals surface area (Å²) in [4.78, 5) is 11.0. The summed E-state index contributed by atoms with van der Waals surface area (Å²) < 4.78 is 18.8. The number of aliphatic carboxylic acids is 1. The quantitative estimate of drug-likeness (QED) is 0.810. The highest BCUT2D eigenvalue weighted by molar-refractivity contribution is 5.67. The fraction of sp³-hybridized carbons (Fsp3) is 0.562. The predicted octanol–water partition coefficient (Wildman–Crippen LogP) is 2.29. The zero-order valence-corrected chi connectivity index (χ0v) is 12.3. The Kier molecular flexibility index (Phi) is 5.70. The van der Waals surface area contributed by atoms with Gasteiger partial charge >= 0.3 is 5.97 Å².